The summed E-state index contributed by atoms with van der Waals surface area (Å²) < 4.78 is 33.5. The van der Waals surface area contributed by atoms with E-state index in [1.165, 1.54) is 4.90 Å². The summed E-state index contributed by atoms with van der Waals surface area (Å²) in [6, 6.07) is 26.3. The molecule has 5 amide bonds. The number of hydrogen-bond donors (Lipinski definition) is 5. The number of phenols is 2. The van der Waals surface area contributed by atoms with Gasteiger partial charge in [-0.05, 0) is 89.2 Å². The Bertz CT molecular complexity index is 2340. The second-order valence-corrected chi connectivity index (χ2v) is 15.9. The Morgan fingerprint density at radius 3 is 1.75 bits per heavy atom. The Morgan fingerprint density at radius 2 is 1.19 bits per heavy atom. The van der Waals surface area contributed by atoms with Gasteiger partial charge in [-0.3, -0.25) is 29.3 Å². The van der Waals surface area contributed by atoms with Crippen molar-refractivity contribution in [3.8, 4) is 17.2 Å². The molecule has 0 bridgehead atoms. The molecule has 1 fully saturated rings. The number of benzene rings is 4. The SMILES string of the molecule is CCC(=C(c1ccc(O)cc1)c1ccc(OCCNC(=O)CCOCCOCCOCCOCCOCCC(=O)Nc2cccc3c2CN(C2CCC(=O)NC2=O)C3=O)cc1)c1ccc(O)cc1. The summed E-state index contributed by atoms with van der Waals surface area (Å²) in [7, 11) is 0. The molecule has 1 unspecified atom stereocenters. The summed E-state index contributed by atoms with van der Waals surface area (Å²) in [4.78, 5) is 63.3. The molecule has 2 aliphatic rings. The molecule has 17 heteroatoms. The third-order valence-corrected chi connectivity index (χ3v) is 11.2. The minimum atomic E-state index is -0.734. The molecule has 2 heterocycles. The first-order valence-electron chi connectivity index (χ1n) is 22.9. The van der Waals surface area contributed by atoms with Crippen molar-refractivity contribution in [2.45, 2.75) is 51.6 Å². The van der Waals surface area contributed by atoms with Gasteiger partial charge in [0, 0.05) is 36.2 Å². The van der Waals surface area contributed by atoms with Crippen LogP contribution in [0.4, 0.5) is 5.69 Å². The highest BCUT2D eigenvalue weighted by molar-refractivity contribution is 6.07. The molecule has 1 atom stereocenters. The lowest BCUT2D eigenvalue weighted by molar-refractivity contribution is -0.137. The Hall–Kier alpha value is -6.63. The molecule has 0 spiro atoms. The second kappa shape index (κ2) is 26.6. The quantitative estimate of drug-likeness (QED) is 0.0281. The summed E-state index contributed by atoms with van der Waals surface area (Å²) in [6.45, 7) is 6.17. The fourth-order valence-corrected chi connectivity index (χ4v) is 7.72. The molecule has 362 valence electrons. The zero-order chi connectivity index (χ0) is 48.1. The number of phenolic OH excluding ortho intramolecular Hbond substituents is 2. The molecule has 0 radical (unpaired) electrons. The van der Waals surface area contributed by atoms with Crippen LogP contribution in [0.25, 0.3) is 11.1 Å². The number of rotatable bonds is 28. The van der Waals surface area contributed by atoms with Crippen molar-refractivity contribution in [2.24, 2.45) is 0 Å². The molecule has 5 N–H and O–H groups in total. The number of anilines is 1. The van der Waals surface area contributed by atoms with Crippen molar-refractivity contribution in [3.63, 3.8) is 0 Å². The van der Waals surface area contributed by atoms with E-state index in [-0.39, 0.29) is 80.6 Å². The number of fused-ring (bicyclic) bond motifs is 1. The fourth-order valence-electron chi connectivity index (χ4n) is 7.72. The van der Waals surface area contributed by atoms with Gasteiger partial charge in [0.2, 0.25) is 23.6 Å². The number of ether oxygens (including phenoxy) is 6. The van der Waals surface area contributed by atoms with Crippen LogP contribution in [0, 0.1) is 0 Å². The fraction of sp³-hybridized carbons (Fsp3) is 0.392. The lowest BCUT2D eigenvalue weighted by atomic mass is 9.88. The van der Waals surface area contributed by atoms with Crippen LogP contribution in [0.15, 0.2) is 91.0 Å². The van der Waals surface area contributed by atoms with Gasteiger partial charge in [0.05, 0.1) is 79.0 Å². The predicted molar refractivity (Wildman–Crippen MR) is 252 cm³/mol. The average Bonchev–Trinajstić information content (AvgIpc) is 3.67. The normalized spacial score (nSPS) is 14.9. The molecule has 68 heavy (non-hydrogen) atoms. The first kappa shape index (κ1) is 50.8. The molecular weight excluding hydrogens is 877 g/mol. The van der Waals surface area contributed by atoms with Crippen LogP contribution in [0.3, 0.4) is 0 Å². The van der Waals surface area contributed by atoms with E-state index in [1.54, 1.807) is 42.5 Å². The maximum absolute atomic E-state index is 13.0. The maximum Gasteiger partial charge on any atom is 0.255 e. The van der Waals surface area contributed by atoms with Crippen molar-refractivity contribution in [1.29, 1.82) is 0 Å². The largest absolute Gasteiger partial charge is 0.508 e. The van der Waals surface area contributed by atoms with Crippen LogP contribution in [0.5, 0.6) is 17.2 Å². The topological polar surface area (TPSA) is 221 Å². The Labute approximate surface area is 395 Å². The highest BCUT2D eigenvalue weighted by Gasteiger charge is 2.40. The van der Waals surface area contributed by atoms with E-state index >= 15 is 0 Å². The number of piperidine rings is 1. The smallest absolute Gasteiger partial charge is 0.255 e. The van der Waals surface area contributed by atoms with Gasteiger partial charge in [-0.1, -0.05) is 49.4 Å². The zero-order valence-electron chi connectivity index (χ0n) is 38.3. The summed E-state index contributed by atoms with van der Waals surface area (Å²) in [5.74, 6) is -0.518. The number of aromatic hydroxyl groups is 2. The van der Waals surface area contributed by atoms with Crippen molar-refractivity contribution < 1.29 is 62.6 Å². The molecule has 0 aliphatic carbocycles. The van der Waals surface area contributed by atoms with Crippen LogP contribution in [0.2, 0.25) is 0 Å². The van der Waals surface area contributed by atoms with Crippen LogP contribution >= 0.6 is 0 Å². The van der Waals surface area contributed by atoms with E-state index in [2.05, 4.69) is 22.9 Å². The van der Waals surface area contributed by atoms with E-state index in [0.717, 1.165) is 34.3 Å². The van der Waals surface area contributed by atoms with Crippen LogP contribution in [-0.2, 0) is 49.4 Å². The molecule has 0 aromatic heterocycles. The average molecular weight is 937 g/mol. The number of allylic oxidation sites excluding steroid dienone is 1. The van der Waals surface area contributed by atoms with Gasteiger partial charge in [-0.25, -0.2) is 0 Å². The number of amides is 5. The Balaban J connectivity index is 0.733. The molecule has 4 aromatic carbocycles. The number of imide groups is 1. The zero-order valence-corrected chi connectivity index (χ0v) is 38.3. The lowest BCUT2D eigenvalue weighted by Crippen LogP contribution is -2.52. The van der Waals surface area contributed by atoms with E-state index in [4.69, 9.17) is 28.4 Å². The number of hydrogen-bond acceptors (Lipinski definition) is 13. The van der Waals surface area contributed by atoms with Gasteiger partial charge in [-0.2, -0.15) is 0 Å². The van der Waals surface area contributed by atoms with Gasteiger partial charge >= 0.3 is 0 Å². The van der Waals surface area contributed by atoms with Gasteiger partial charge in [-0.15, -0.1) is 0 Å². The van der Waals surface area contributed by atoms with Crippen LogP contribution in [-0.4, -0.2) is 130 Å². The first-order chi connectivity index (χ1) is 33.1. The minimum absolute atomic E-state index is 0.100. The van der Waals surface area contributed by atoms with Gasteiger partial charge < -0.3 is 54.2 Å². The summed E-state index contributed by atoms with van der Waals surface area (Å²) in [6.07, 6.45) is 1.48. The van der Waals surface area contributed by atoms with Crippen molar-refractivity contribution in [2.75, 3.05) is 84.5 Å². The standard InChI is InChI=1S/C51H60N4O13/c1-2-41(35-6-12-38(56)13-7-35)49(36-8-14-39(57)15-9-36)37-10-16-40(17-11-37)68-25-22-52-46(58)20-23-63-26-28-65-30-32-67-33-31-66-29-27-64-24-21-48(60)53-44-5-3-4-42-43(44)34-55(51(42)62)45-18-19-47(59)54-50(45)61/h3-17,45,56-57H,2,18-34H2,1H3,(H,52,58)(H,53,60)(H,54,59,61). The minimum Gasteiger partial charge on any atom is -0.508 e. The molecule has 4 aromatic rings. The maximum atomic E-state index is 13.0. The summed E-state index contributed by atoms with van der Waals surface area (Å²) in [5.41, 5.74) is 6.58. The third kappa shape index (κ3) is 15.2. The molecule has 6 rings (SSSR count). The van der Waals surface area contributed by atoms with Crippen molar-refractivity contribution in [3.05, 3.63) is 119 Å². The Morgan fingerprint density at radius 1 is 0.662 bits per heavy atom. The molecule has 0 saturated carbocycles. The van der Waals surface area contributed by atoms with E-state index < -0.39 is 11.9 Å². The number of nitrogens with zero attached hydrogens (tertiary/aromatic N) is 1. The van der Waals surface area contributed by atoms with E-state index in [9.17, 15) is 34.2 Å². The molecular formula is C51H60N4O13. The Kier molecular flexibility index (Phi) is 19.9. The van der Waals surface area contributed by atoms with Crippen molar-refractivity contribution >= 4 is 46.4 Å². The van der Waals surface area contributed by atoms with E-state index in [0.29, 0.717) is 88.6 Å². The van der Waals surface area contributed by atoms with Gasteiger partial charge in [0.15, 0.2) is 0 Å². The van der Waals surface area contributed by atoms with Gasteiger partial charge in [0.25, 0.3) is 5.91 Å². The summed E-state index contributed by atoms with van der Waals surface area (Å²) >= 11 is 0. The van der Waals surface area contributed by atoms with Crippen molar-refractivity contribution in [1.82, 2.24) is 15.5 Å². The third-order valence-electron chi connectivity index (χ3n) is 11.2. The number of carbonyl (C=O) groups excluding carboxylic acids is 5. The monoisotopic (exact) mass is 936 g/mol. The van der Waals surface area contributed by atoms with E-state index in [1.807, 2.05) is 48.5 Å². The number of carbonyl (C=O) groups is 5. The second-order valence-electron chi connectivity index (χ2n) is 15.9. The highest BCUT2D eigenvalue weighted by atomic mass is 16.6. The number of nitrogens with one attached hydrogen (secondary N) is 3. The molecule has 2 aliphatic heterocycles. The van der Waals surface area contributed by atoms with Gasteiger partial charge in [0.1, 0.15) is 29.9 Å². The molecule has 17 nitrogen and oxygen atoms in total. The lowest BCUT2D eigenvalue weighted by Gasteiger charge is -2.29. The van der Waals surface area contributed by atoms with Crippen LogP contribution in [0.1, 0.15) is 71.6 Å². The molecule has 1 saturated heterocycles. The first-order valence-corrected chi connectivity index (χ1v) is 22.9. The predicted octanol–water partition coefficient (Wildman–Crippen LogP) is 5.22. The summed E-state index contributed by atoms with van der Waals surface area (Å²) in [5, 5.41) is 27.7. The van der Waals surface area contributed by atoms with Crippen LogP contribution < -0.4 is 20.7 Å². The highest BCUT2D eigenvalue weighted by Crippen LogP contribution is 2.36.